The van der Waals surface area contributed by atoms with Crippen molar-refractivity contribution in [1.29, 1.82) is 0 Å². The number of hydrogen-bond acceptors (Lipinski definition) is 4. The summed E-state index contributed by atoms with van der Waals surface area (Å²) in [5, 5.41) is 0. The van der Waals surface area contributed by atoms with E-state index in [2.05, 4.69) is 13.8 Å². The highest BCUT2D eigenvalue weighted by atomic mass is 16.5. The Labute approximate surface area is 210 Å². The van der Waals surface area contributed by atoms with Gasteiger partial charge in [0.25, 0.3) is 0 Å². The van der Waals surface area contributed by atoms with E-state index < -0.39 is 0 Å². The molecule has 34 heavy (non-hydrogen) atoms. The molecule has 0 N–H and O–H groups in total. The van der Waals surface area contributed by atoms with Gasteiger partial charge in [-0.1, -0.05) is 78.1 Å². The van der Waals surface area contributed by atoms with Gasteiger partial charge < -0.3 is 18.9 Å². The quantitative estimate of drug-likeness (QED) is 0.347. The van der Waals surface area contributed by atoms with Crippen molar-refractivity contribution < 1.29 is 18.9 Å². The predicted molar refractivity (Wildman–Crippen MR) is 138 cm³/mol. The molecule has 4 heteroatoms. The highest BCUT2D eigenvalue weighted by molar-refractivity contribution is 4.88. The van der Waals surface area contributed by atoms with Crippen molar-refractivity contribution in [3.63, 3.8) is 0 Å². The number of rotatable bonds is 9. The van der Waals surface area contributed by atoms with Crippen LogP contribution in [0.2, 0.25) is 0 Å². The SMILES string of the molecule is CCC1(COC2CCCCC(OCC3(CC)COC3)C(C3CCCCCCCC3)CC2)COC1. The first kappa shape index (κ1) is 26.9. The fourth-order valence-corrected chi connectivity index (χ4v) is 6.78. The molecular formula is C30H54O4. The summed E-state index contributed by atoms with van der Waals surface area (Å²) in [6.07, 6.45) is 22.1. The van der Waals surface area contributed by atoms with E-state index in [1.807, 2.05) is 0 Å². The summed E-state index contributed by atoms with van der Waals surface area (Å²) in [7, 11) is 0. The molecule has 2 heterocycles. The van der Waals surface area contributed by atoms with Crippen LogP contribution in [0.3, 0.4) is 0 Å². The molecule has 0 amide bonds. The highest BCUT2D eigenvalue weighted by Gasteiger charge is 2.40. The molecule has 0 aromatic rings. The topological polar surface area (TPSA) is 36.9 Å². The van der Waals surface area contributed by atoms with Crippen LogP contribution in [-0.4, -0.2) is 51.8 Å². The van der Waals surface area contributed by atoms with Gasteiger partial charge in [0, 0.05) is 10.8 Å². The van der Waals surface area contributed by atoms with Crippen LogP contribution in [0.4, 0.5) is 0 Å². The first-order valence-corrected chi connectivity index (χ1v) is 15.1. The van der Waals surface area contributed by atoms with Crippen molar-refractivity contribution in [2.45, 2.75) is 129 Å². The lowest BCUT2D eigenvalue weighted by molar-refractivity contribution is -0.170. The molecule has 4 rings (SSSR count). The van der Waals surface area contributed by atoms with Crippen LogP contribution >= 0.6 is 0 Å². The minimum absolute atomic E-state index is 0.284. The Bertz CT molecular complexity index is 549. The second-order valence-corrected chi connectivity index (χ2v) is 12.5. The van der Waals surface area contributed by atoms with Crippen molar-refractivity contribution in [3.05, 3.63) is 0 Å². The van der Waals surface area contributed by atoms with E-state index in [0.29, 0.717) is 23.5 Å². The summed E-state index contributed by atoms with van der Waals surface area (Å²) >= 11 is 0. The molecule has 2 aliphatic heterocycles. The third-order valence-corrected chi connectivity index (χ3v) is 9.93. The highest BCUT2D eigenvalue weighted by Crippen LogP contribution is 2.40. The zero-order valence-electron chi connectivity index (χ0n) is 22.5. The fraction of sp³-hybridized carbons (Fsp3) is 1.00. The fourth-order valence-electron chi connectivity index (χ4n) is 6.78. The molecule has 3 unspecified atom stereocenters. The van der Waals surface area contributed by atoms with Gasteiger partial charge in [0.2, 0.25) is 0 Å². The Balaban J connectivity index is 1.41. The van der Waals surface area contributed by atoms with Gasteiger partial charge in [-0.25, -0.2) is 0 Å². The van der Waals surface area contributed by atoms with E-state index in [-0.39, 0.29) is 5.41 Å². The second kappa shape index (κ2) is 13.4. The summed E-state index contributed by atoms with van der Waals surface area (Å²) in [6.45, 7) is 9.95. The van der Waals surface area contributed by atoms with Gasteiger partial charge in [0.15, 0.2) is 0 Å². The Hall–Kier alpha value is -0.160. The summed E-state index contributed by atoms with van der Waals surface area (Å²) in [5.41, 5.74) is 0.576. The van der Waals surface area contributed by atoms with Gasteiger partial charge in [-0.15, -0.1) is 0 Å². The molecule has 198 valence electrons. The van der Waals surface area contributed by atoms with Crippen LogP contribution in [0.25, 0.3) is 0 Å². The zero-order chi connectivity index (χ0) is 23.7. The molecule has 4 nitrogen and oxygen atoms in total. The number of ether oxygens (including phenoxy) is 4. The van der Waals surface area contributed by atoms with Gasteiger partial charge >= 0.3 is 0 Å². The van der Waals surface area contributed by atoms with Crippen LogP contribution in [-0.2, 0) is 18.9 Å². The molecule has 0 bridgehead atoms. The van der Waals surface area contributed by atoms with E-state index in [0.717, 1.165) is 45.6 Å². The lowest BCUT2D eigenvalue weighted by Crippen LogP contribution is -2.47. The van der Waals surface area contributed by atoms with Crippen LogP contribution in [0.5, 0.6) is 0 Å². The summed E-state index contributed by atoms with van der Waals surface area (Å²) in [4.78, 5) is 0. The monoisotopic (exact) mass is 478 g/mol. The van der Waals surface area contributed by atoms with E-state index in [4.69, 9.17) is 18.9 Å². The van der Waals surface area contributed by atoms with Crippen molar-refractivity contribution >= 4 is 0 Å². The number of hydrogen-bond donors (Lipinski definition) is 0. The van der Waals surface area contributed by atoms with Crippen LogP contribution < -0.4 is 0 Å². The Morgan fingerprint density at radius 1 is 0.588 bits per heavy atom. The lowest BCUT2D eigenvalue weighted by atomic mass is 9.77. The molecule has 2 saturated carbocycles. The first-order chi connectivity index (χ1) is 16.7. The maximum atomic E-state index is 6.90. The first-order valence-electron chi connectivity index (χ1n) is 15.1. The zero-order valence-corrected chi connectivity index (χ0v) is 22.5. The predicted octanol–water partition coefficient (Wildman–Crippen LogP) is 7.33. The summed E-state index contributed by atoms with van der Waals surface area (Å²) in [5.74, 6) is 1.53. The lowest BCUT2D eigenvalue weighted by Gasteiger charge is -2.43. The Kier molecular flexibility index (Phi) is 10.6. The Morgan fingerprint density at radius 3 is 1.68 bits per heavy atom. The van der Waals surface area contributed by atoms with Gasteiger partial charge in [0.1, 0.15) is 0 Å². The molecule has 4 aliphatic rings. The van der Waals surface area contributed by atoms with Crippen LogP contribution in [0.15, 0.2) is 0 Å². The summed E-state index contributed by atoms with van der Waals surface area (Å²) in [6, 6.07) is 0. The molecule has 0 spiro atoms. The average molecular weight is 479 g/mol. The van der Waals surface area contributed by atoms with Crippen molar-refractivity contribution in [1.82, 2.24) is 0 Å². The van der Waals surface area contributed by atoms with E-state index in [1.54, 1.807) is 0 Å². The third-order valence-electron chi connectivity index (χ3n) is 9.93. The van der Waals surface area contributed by atoms with Gasteiger partial charge in [-0.2, -0.15) is 0 Å². The second-order valence-electron chi connectivity index (χ2n) is 12.5. The molecular weight excluding hydrogens is 424 g/mol. The Morgan fingerprint density at radius 2 is 1.12 bits per heavy atom. The van der Waals surface area contributed by atoms with Crippen LogP contribution in [0.1, 0.15) is 117 Å². The molecule has 0 aromatic carbocycles. The normalized spacial score (nSPS) is 33.2. The van der Waals surface area contributed by atoms with Gasteiger partial charge in [-0.3, -0.25) is 0 Å². The minimum atomic E-state index is 0.284. The van der Waals surface area contributed by atoms with Crippen molar-refractivity contribution in [2.75, 3.05) is 39.6 Å². The van der Waals surface area contributed by atoms with E-state index in [9.17, 15) is 0 Å². The maximum Gasteiger partial charge on any atom is 0.0606 e. The van der Waals surface area contributed by atoms with Crippen molar-refractivity contribution in [3.8, 4) is 0 Å². The third kappa shape index (κ3) is 7.20. The standard InChI is InChI=1S/C30H54O4/c1-3-29(19-31-20-29)23-33-26-15-11-12-16-28(34-24-30(4-2)21-32-22-30)27(18-17-26)25-13-9-7-5-6-8-10-14-25/h25-28H,3-24H2,1-2H3. The van der Waals surface area contributed by atoms with Crippen molar-refractivity contribution in [2.24, 2.45) is 22.7 Å². The molecule has 2 aliphatic carbocycles. The minimum Gasteiger partial charge on any atom is -0.380 e. The molecule has 2 saturated heterocycles. The molecule has 0 radical (unpaired) electrons. The van der Waals surface area contributed by atoms with Crippen LogP contribution in [0, 0.1) is 22.7 Å². The maximum absolute atomic E-state index is 6.90. The van der Waals surface area contributed by atoms with Gasteiger partial charge in [-0.05, 0) is 50.4 Å². The van der Waals surface area contributed by atoms with E-state index >= 15 is 0 Å². The average Bonchev–Trinajstić information content (AvgIpc) is 2.99. The van der Waals surface area contributed by atoms with E-state index in [1.165, 1.54) is 103 Å². The smallest absolute Gasteiger partial charge is 0.0606 e. The molecule has 0 aromatic heterocycles. The molecule has 4 fully saturated rings. The summed E-state index contributed by atoms with van der Waals surface area (Å²) < 4.78 is 24.7. The van der Waals surface area contributed by atoms with Gasteiger partial charge in [0.05, 0.1) is 51.8 Å². The molecule has 3 atom stereocenters. The largest absolute Gasteiger partial charge is 0.380 e.